The van der Waals surface area contributed by atoms with Gasteiger partial charge in [0.05, 0.1) is 36.6 Å². The van der Waals surface area contributed by atoms with E-state index in [1.807, 2.05) is 18.2 Å². The van der Waals surface area contributed by atoms with E-state index in [9.17, 15) is 9.59 Å². The molecule has 1 aliphatic rings. The summed E-state index contributed by atoms with van der Waals surface area (Å²) < 4.78 is 18.2. The lowest BCUT2D eigenvalue weighted by atomic mass is 9.95. The van der Waals surface area contributed by atoms with E-state index in [1.54, 1.807) is 51.3 Å². The van der Waals surface area contributed by atoms with Crippen LogP contribution in [0.2, 0.25) is 5.02 Å². The van der Waals surface area contributed by atoms with Crippen LogP contribution in [0.5, 0.6) is 11.5 Å². The fourth-order valence-corrected chi connectivity index (χ4v) is 5.09. The van der Waals surface area contributed by atoms with Gasteiger partial charge in [0.2, 0.25) is 0 Å². The lowest BCUT2D eigenvalue weighted by Crippen LogP contribution is -2.40. The van der Waals surface area contributed by atoms with Crippen LogP contribution in [-0.2, 0) is 9.53 Å². The van der Waals surface area contributed by atoms with Gasteiger partial charge in [0.15, 0.2) is 4.80 Å². The van der Waals surface area contributed by atoms with Crippen molar-refractivity contribution in [2.24, 2.45) is 4.99 Å². The summed E-state index contributed by atoms with van der Waals surface area (Å²) in [5.41, 5.74) is 1.80. The summed E-state index contributed by atoms with van der Waals surface area (Å²) >= 11 is 7.55. The highest BCUT2D eigenvalue weighted by Gasteiger charge is 2.35. The van der Waals surface area contributed by atoms with Crippen molar-refractivity contribution in [3.8, 4) is 11.5 Å². The van der Waals surface area contributed by atoms with E-state index in [0.29, 0.717) is 42.7 Å². The van der Waals surface area contributed by atoms with E-state index < -0.39 is 12.0 Å². The predicted molar refractivity (Wildman–Crippen MR) is 131 cm³/mol. The third-order valence-electron chi connectivity index (χ3n) is 5.44. The van der Waals surface area contributed by atoms with Crippen molar-refractivity contribution in [3.63, 3.8) is 0 Å². The third-order valence-corrected chi connectivity index (χ3v) is 6.77. The van der Waals surface area contributed by atoms with Crippen molar-refractivity contribution in [1.82, 2.24) is 4.57 Å². The van der Waals surface area contributed by atoms with Gasteiger partial charge in [-0.05, 0) is 43.7 Å². The molecule has 9 heteroatoms. The van der Waals surface area contributed by atoms with Crippen LogP contribution >= 0.6 is 22.9 Å². The van der Waals surface area contributed by atoms with Crippen molar-refractivity contribution < 1.29 is 19.0 Å². The molecule has 0 bridgehead atoms. The molecule has 1 aromatic heterocycles. The topological polar surface area (TPSA) is 79.1 Å². The Hall–Kier alpha value is -3.36. The Balaban J connectivity index is 2.01. The molecule has 0 fully saturated rings. The average Bonchev–Trinajstić information content (AvgIpc) is 3.13. The number of hydrogen-bond donors (Lipinski definition) is 0. The lowest BCUT2D eigenvalue weighted by Gasteiger charge is -2.26. The van der Waals surface area contributed by atoms with Crippen LogP contribution in [0.4, 0.5) is 0 Å². The molecule has 0 radical (unpaired) electrons. The molecule has 0 saturated carbocycles. The first-order valence-corrected chi connectivity index (χ1v) is 11.7. The number of methoxy groups -OCH3 is 2. The molecule has 2 aromatic carbocycles. The molecule has 1 atom stereocenters. The van der Waals surface area contributed by atoms with Crippen molar-refractivity contribution in [3.05, 3.63) is 89.6 Å². The highest BCUT2D eigenvalue weighted by atomic mass is 35.5. The normalized spacial score (nSPS) is 15.6. The summed E-state index contributed by atoms with van der Waals surface area (Å²) in [4.78, 5) is 31.8. The number of allylic oxidation sites excluding steroid dienone is 1. The van der Waals surface area contributed by atoms with Crippen LogP contribution in [0.15, 0.2) is 63.5 Å². The second-order valence-electron chi connectivity index (χ2n) is 7.43. The van der Waals surface area contributed by atoms with Gasteiger partial charge in [-0.3, -0.25) is 9.36 Å². The largest absolute Gasteiger partial charge is 0.497 e. The minimum atomic E-state index is -0.787. The maximum absolute atomic E-state index is 13.7. The molecule has 0 amide bonds. The number of aromatic nitrogens is 1. The second-order valence-corrected chi connectivity index (χ2v) is 8.85. The first-order valence-electron chi connectivity index (χ1n) is 10.6. The number of rotatable bonds is 6. The molecule has 0 N–H and O–H groups in total. The Bertz CT molecular complexity index is 1470. The summed E-state index contributed by atoms with van der Waals surface area (Å²) in [6, 6.07) is 11.7. The fourth-order valence-electron chi connectivity index (χ4n) is 3.86. The van der Waals surface area contributed by atoms with Gasteiger partial charge in [0, 0.05) is 16.7 Å². The molecule has 4 rings (SSSR count). The molecule has 34 heavy (non-hydrogen) atoms. The van der Waals surface area contributed by atoms with E-state index in [1.165, 1.54) is 23.0 Å². The zero-order chi connectivity index (χ0) is 24.4. The van der Waals surface area contributed by atoms with E-state index in [4.69, 9.17) is 25.8 Å². The van der Waals surface area contributed by atoms with Crippen molar-refractivity contribution in [2.75, 3.05) is 20.8 Å². The maximum Gasteiger partial charge on any atom is 0.338 e. The first-order chi connectivity index (χ1) is 16.4. The Morgan fingerprint density at radius 1 is 1.21 bits per heavy atom. The molecule has 1 aliphatic heterocycles. The molecule has 0 saturated heterocycles. The summed E-state index contributed by atoms with van der Waals surface area (Å²) in [5, 5.41) is 0.533. The number of esters is 1. The van der Waals surface area contributed by atoms with Crippen LogP contribution in [0, 0.1) is 0 Å². The summed E-state index contributed by atoms with van der Waals surface area (Å²) in [6.45, 7) is 3.66. The highest BCUT2D eigenvalue weighted by molar-refractivity contribution is 7.07. The van der Waals surface area contributed by atoms with Gasteiger partial charge in [0.25, 0.3) is 5.56 Å². The lowest BCUT2D eigenvalue weighted by molar-refractivity contribution is -0.139. The Morgan fingerprint density at radius 3 is 2.65 bits per heavy atom. The number of thiazole rings is 1. The summed E-state index contributed by atoms with van der Waals surface area (Å²) in [7, 11) is 3.08. The van der Waals surface area contributed by atoms with Crippen molar-refractivity contribution in [1.29, 1.82) is 0 Å². The fraction of sp³-hybridized carbons (Fsp3) is 0.240. The van der Waals surface area contributed by atoms with Crippen LogP contribution < -0.4 is 24.4 Å². The minimum Gasteiger partial charge on any atom is -0.497 e. The molecular weight excluding hydrogens is 476 g/mol. The number of ether oxygens (including phenoxy) is 3. The second kappa shape index (κ2) is 9.87. The van der Waals surface area contributed by atoms with Gasteiger partial charge in [-0.15, -0.1) is 0 Å². The van der Waals surface area contributed by atoms with E-state index in [0.717, 1.165) is 0 Å². The Kier molecular flexibility index (Phi) is 6.90. The van der Waals surface area contributed by atoms with Gasteiger partial charge < -0.3 is 14.2 Å². The number of halogens is 1. The number of hydrogen-bond acceptors (Lipinski definition) is 7. The molecule has 176 valence electrons. The van der Waals surface area contributed by atoms with Gasteiger partial charge in [-0.1, -0.05) is 41.1 Å². The zero-order valence-electron chi connectivity index (χ0n) is 19.1. The molecule has 0 spiro atoms. The molecule has 0 aliphatic carbocycles. The van der Waals surface area contributed by atoms with Gasteiger partial charge in [-0.2, -0.15) is 0 Å². The number of benzene rings is 2. The summed E-state index contributed by atoms with van der Waals surface area (Å²) in [6.07, 6.45) is 1.73. The number of carbonyl (C=O) groups excluding carboxylic acids is 1. The quantitative estimate of drug-likeness (QED) is 0.486. The smallest absolute Gasteiger partial charge is 0.338 e. The predicted octanol–water partition coefficient (Wildman–Crippen LogP) is 3.47. The third kappa shape index (κ3) is 4.26. The van der Waals surface area contributed by atoms with E-state index in [-0.39, 0.29) is 17.7 Å². The standard InChI is InChI=1S/C25H23ClN2O5S/c1-5-33-24(30)21-14(2)27-25-28(22(21)17-11-10-16(31-3)13-19(17)32-4)23(29)20(34-25)12-15-8-6-7-9-18(15)26/h6-13,22H,5H2,1-4H3/b20-12-/t22-/m0/s1. The first kappa shape index (κ1) is 23.8. The number of fused-ring (bicyclic) bond motifs is 1. The zero-order valence-corrected chi connectivity index (χ0v) is 20.7. The monoisotopic (exact) mass is 498 g/mol. The molecule has 0 unspecified atom stereocenters. The maximum atomic E-state index is 13.7. The van der Waals surface area contributed by atoms with Crippen LogP contribution in [0.3, 0.4) is 0 Å². The average molecular weight is 499 g/mol. The summed E-state index contributed by atoms with van der Waals surface area (Å²) in [5.74, 6) is 0.527. The van der Waals surface area contributed by atoms with Crippen molar-refractivity contribution in [2.45, 2.75) is 19.9 Å². The van der Waals surface area contributed by atoms with Gasteiger partial charge in [-0.25, -0.2) is 9.79 Å². The SMILES string of the molecule is CCOC(=O)C1=C(C)N=c2s/c(=C\c3ccccc3Cl)c(=O)n2[C@H]1c1ccc(OC)cc1OC. The van der Waals surface area contributed by atoms with Gasteiger partial charge >= 0.3 is 5.97 Å². The van der Waals surface area contributed by atoms with Crippen LogP contribution in [0.1, 0.15) is 31.0 Å². The molecular formula is C25H23ClN2O5S. The Labute approximate surface area is 205 Å². The van der Waals surface area contributed by atoms with E-state index in [2.05, 4.69) is 4.99 Å². The molecule has 7 nitrogen and oxygen atoms in total. The minimum absolute atomic E-state index is 0.193. The molecule has 3 aromatic rings. The van der Waals surface area contributed by atoms with Crippen LogP contribution in [-0.4, -0.2) is 31.4 Å². The van der Waals surface area contributed by atoms with Gasteiger partial charge in [0.1, 0.15) is 17.5 Å². The Morgan fingerprint density at radius 2 is 1.97 bits per heavy atom. The van der Waals surface area contributed by atoms with Crippen LogP contribution in [0.25, 0.3) is 6.08 Å². The highest BCUT2D eigenvalue weighted by Crippen LogP contribution is 2.37. The number of nitrogens with zero attached hydrogens (tertiary/aromatic N) is 2. The van der Waals surface area contributed by atoms with Crippen molar-refractivity contribution >= 4 is 35.0 Å². The van der Waals surface area contributed by atoms with E-state index >= 15 is 0 Å². The number of carbonyl (C=O) groups is 1. The molecule has 2 heterocycles.